The van der Waals surface area contributed by atoms with Crippen molar-refractivity contribution >= 4 is 17.3 Å². The molecular weight excluding hydrogens is 218 g/mol. The second kappa shape index (κ2) is 5.32. The lowest BCUT2D eigenvalue weighted by atomic mass is 9.97. The highest BCUT2D eigenvalue weighted by molar-refractivity contribution is 7.80. The average Bonchev–Trinajstić information content (AvgIpc) is 3.05. The number of rotatable bonds is 3. The predicted molar refractivity (Wildman–Crippen MR) is 71.6 cm³/mol. The zero-order valence-corrected chi connectivity index (χ0v) is 11.2. The number of nitrogens with zero attached hydrogens (tertiary/aromatic N) is 2. The van der Waals surface area contributed by atoms with Crippen molar-refractivity contribution in [1.82, 2.24) is 15.1 Å². The quantitative estimate of drug-likeness (QED) is 0.750. The molecule has 0 aromatic carbocycles. The summed E-state index contributed by atoms with van der Waals surface area (Å²) in [7, 11) is 4.33. The van der Waals surface area contributed by atoms with E-state index in [1.807, 2.05) is 0 Å². The minimum atomic E-state index is 0.674. The summed E-state index contributed by atoms with van der Waals surface area (Å²) in [6, 6.07) is 0.674. The number of likely N-dealkylation sites (tertiary alicyclic amines) is 1. The maximum atomic E-state index is 5.39. The van der Waals surface area contributed by atoms with Crippen molar-refractivity contribution in [2.45, 2.75) is 31.7 Å². The number of thiocarbonyl (C=S) groups is 1. The van der Waals surface area contributed by atoms with E-state index in [1.165, 1.54) is 38.8 Å². The van der Waals surface area contributed by atoms with Crippen LogP contribution >= 0.6 is 12.2 Å². The molecule has 4 heteroatoms. The van der Waals surface area contributed by atoms with E-state index in [2.05, 4.69) is 29.2 Å². The maximum Gasteiger partial charge on any atom is 0.168 e. The highest BCUT2D eigenvalue weighted by Crippen LogP contribution is 2.20. The monoisotopic (exact) mass is 241 g/mol. The summed E-state index contributed by atoms with van der Waals surface area (Å²) in [4.78, 5) is 4.64. The molecule has 2 aliphatic rings. The lowest BCUT2D eigenvalue weighted by Crippen LogP contribution is -2.42. The third kappa shape index (κ3) is 3.59. The van der Waals surface area contributed by atoms with Crippen molar-refractivity contribution in [3.8, 4) is 0 Å². The van der Waals surface area contributed by atoms with E-state index in [0.717, 1.165) is 17.6 Å². The van der Waals surface area contributed by atoms with Crippen molar-refractivity contribution in [2.75, 3.05) is 33.7 Å². The van der Waals surface area contributed by atoms with Crippen LogP contribution in [-0.2, 0) is 0 Å². The van der Waals surface area contributed by atoms with E-state index in [-0.39, 0.29) is 0 Å². The first-order chi connectivity index (χ1) is 7.65. The van der Waals surface area contributed by atoms with Gasteiger partial charge in [0.05, 0.1) is 0 Å². The molecule has 92 valence electrons. The number of hydrogen-bond acceptors (Lipinski definition) is 2. The van der Waals surface area contributed by atoms with Crippen LogP contribution in [0.3, 0.4) is 0 Å². The van der Waals surface area contributed by atoms with Crippen molar-refractivity contribution in [3.63, 3.8) is 0 Å². The molecule has 2 fully saturated rings. The zero-order chi connectivity index (χ0) is 11.5. The van der Waals surface area contributed by atoms with Gasteiger partial charge in [-0.1, -0.05) is 0 Å². The molecule has 0 radical (unpaired) electrons. The zero-order valence-electron chi connectivity index (χ0n) is 10.4. The first-order valence-corrected chi connectivity index (χ1v) is 6.76. The SMILES string of the molecule is CN1CCC(CN(C)C(=S)NC2CC2)CC1. The molecule has 1 aliphatic carbocycles. The van der Waals surface area contributed by atoms with Gasteiger partial charge in [-0.25, -0.2) is 0 Å². The van der Waals surface area contributed by atoms with Crippen LogP contribution in [0.1, 0.15) is 25.7 Å². The Balaban J connectivity index is 1.69. The lowest BCUT2D eigenvalue weighted by molar-refractivity contribution is 0.200. The minimum absolute atomic E-state index is 0.674. The number of nitrogens with one attached hydrogen (secondary N) is 1. The van der Waals surface area contributed by atoms with Gasteiger partial charge in [0.1, 0.15) is 0 Å². The summed E-state index contributed by atoms with van der Waals surface area (Å²) >= 11 is 5.39. The van der Waals surface area contributed by atoms with Gasteiger partial charge in [0, 0.05) is 19.6 Å². The van der Waals surface area contributed by atoms with Crippen LogP contribution in [0.2, 0.25) is 0 Å². The standard InChI is InChI=1S/C12H23N3S/c1-14-7-5-10(6-8-14)9-15(2)12(16)13-11-3-4-11/h10-11H,3-9H2,1-2H3,(H,13,16). The smallest absolute Gasteiger partial charge is 0.168 e. The summed E-state index contributed by atoms with van der Waals surface area (Å²) in [5.41, 5.74) is 0. The van der Waals surface area contributed by atoms with Crippen LogP contribution in [-0.4, -0.2) is 54.7 Å². The summed E-state index contributed by atoms with van der Waals surface area (Å²) in [6.07, 6.45) is 5.21. The molecule has 0 bridgehead atoms. The van der Waals surface area contributed by atoms with Gasteiger partial charge in [0.2, 0.25) is 0 Å². The van der Waals surface area contributed by atoms with Crippen molar-refractivity contribution < 1.29 is 0 Å². The van der Waals surface area contributed by atoms with Gasteiger partial charge in [0.15, 0.2) is 5.11 Å². The summed E-state index contributed by atoms with van der Waals surface area (Å²) in [5.74, 6) is 0.820. The van der Waals surface area contributed by atoms with Gasteiger partial charge in [-0.05, 0) is 64.0 Å². The molecule has 1 saturated heterocycles. The third-order valence-corrected chi connectivity index (χ3v) is 4.05. The Kier molecular flexibility index (Phi) is 4.03. The molecule has 0 aromatic heterocycles. The van der Waals surface area contributed by atoms with Crippen molar-refractivity contribution in [1.29, 1.82) is 0 Å². The van der Waals surface area contributed by atoms with E-state index in [1.54, 1.807) is 0 Å². The molecule has 0 atom stereocenters. The van der Waals surface area contributed by atoms with Gasteiger partial charge in [0.25, 0.3) is 0 Å². The molecule has 0 aromatic rings. The van der Waals surface area contributed by atoms with Crippen LogP contribution in [0.5, 0.6) is 0 Å². The maximum absolute atomic E-state index is 5.39. The second-order valence-electron chi connectivity index (χ2n) is 5.35. The molecule has 0 spiro atoms. The Morgan fingerprint density at radius 1 is 1.31 bits per heavy atom. The Labute approximate surface area is 104 Å². The van der Waals surface area contributed by atoms with E-state index in [9.17, 15) is 0 Å². The lowest BCUT2D eigenvalue weighted by Gasteiger charge is -2.32. The third-order valence-electron chi connectivity index (χ3n) is 3.62. The summed E-state index contributed by atoms with van der Waals surface area (Å²) in [5, 5.41) is 4.34. The molecule has 1 heterocycles. The molecule has 2 rings (SSSR count). The Hall–Kier alpha value is -0.350. The Morgan fingerprint density at radius 3 is 2.50 bits per heavy atom. The van der Waals surface area contributed by atoms with Crippen LogP contribution in [0.4, 0.5) is 0 Å². The van der Waals surface area contributed by atoms with Crippen LogP contribution in [0.25, 0.3) is 0 Å². The fraction of sp³-hybridized carbons (Fsp3) is 0.917. The molecular formula is C12H23N3S. The fourth-order valence-electron chi connectivity index (χ4n) is 2.23. The van der Waals surface area contributed by atoms with Gasteiger partial charge >= 0.3 is 0 Å². The highest BCUT2D eigenvalue weighted by Gasteiger charge is 2.24. The topological polar surface area (TPSA) is 18.5 Å². The molecule has 16 heavy (non-hydrogen) atoms. The van der Waals surface area contributed by atoms with Gasteiger partial charge in [-0.3, -0.25) is 0 Å². The van der Waals surface area contributed by atoms with Crippen molar-refractivity contribution in [3.05, 3.63) is 0 Å². The van der Waals surface area contributed by atoms with Crippen LogP contribution in [0.15, 0.2) is 0 Å². The Bertz CT molecular complexity index is 245. The normalized spacial score (nSPS) is 23.1. The van der Waals surface area contributed by atoms with Gasteiger partial charge in [-0.2, -0.15) is 0 Å². The number of hydrogen-bond donors (Lipinski definition) is 1. The summed E-state index contributed by atoms with van der Waals surface area (Å²) in [6.45, 7) is 3.59. The summed E-state index contributed by atoms with van der Waals surface area (Å²) < 4.78 is 0. The van der Waals surface area contributed by atoms with E-state index < -0.39 is 0 Å². The molecule has 1 aliphatic heterocycles. The van der Waals surface area contributed by atoms with E-state index >= 15 is 0 Å². The molecule has 0 unspecified atom stereocenters. The van der Waals surface area contributed by atoms with Gasteiger partial charge in [-0.15, -0.1) is 0 Å². The second-order valence-corrected chi connectivity index (χ2v) is 5.74. The van der Waals surface area contributed by atoms with Crippen LogP contribution < -0.4 is 5.32 Å². The first kappa shape index (κ1) is 12.1. The molecule has 0 amide bonds. The number of piperidine rings is 1. The fourth-order valence-corrected chi connectivity index (χ4v) is 2.47. The van der Waals surface area contributed by atoms with E-state index in [4.69, 9.17) is 12.2 Å². The van der Waals surface area contributed by atoms with E-state index in [0.29, 0.717) is 6.04 Å². The van der Waals surface area contributed by atoms with Gasteiger partial charge < -0.3 is 15.1 Å². The first-order valence-electron chi connectivity index (χ1n) is 6.35. The molecule has 3 nitrogen and oxygen atoms in total. The predicted octanol–water partition coefficient (Wildman–Crippen LogP) is 1.30. The molecule has 1 N–H and O–H groups in total. The average molecular weight is 241 g/mol. The Morgan fingerprint density at radius 2 is 1.94 bits per heavy atom. The minimum Gasteiger partial charge on any atom is -0.360 e. The largest absolute Gasteiger partial charge is 0.360 e. The van der Waals surface area contributed by atoms with Crippen molar-refractivity contribution in [2.24, 2.45) is 5.92 Å². The van der Waals surface area contributed by atoms with Crippen LogP contribution in [0, 0.1) is 5.92 Å². The highest BCUT2D eigenvalue weighted by atomic mass is 32.1. The molecule has 1 saturated carbocycles.